The molecule has 0 unspecified atom stereocenters. The Morgan fingerprint density at radius 2 is 1.66 bits per heavy atom. The molecule has 3 aromatic carbocycles. The van der Waals surface area contributed by atoms with Crippen LogP contribution in [0.1, 0.15) is 16.7 Å². The molecule has 8 heteroatoms. The first kappa shape index (κ1) is 22.7. The summed E-state index contributed by atoms with van der Waals surface area (Å²) in [6.07, 6.45) is 3.25. The molecule has 174 valence electrons. The zero-order chi connectivity index (χ0) is 24.5. The van der Waals surface area contributed by atoms with Gasteiger partial charge in [-0.05, 0) is 35.9 Å². The van der Waals surface area contributed by atoms with Gasteiger partial charge in [0.2, 0.25) is 0 Å². The van der Waals surface area contributed by atoms with Crippen molar-refractivity contribution in [2.75, 3.05) is 0 Å². The normalized spacial score (nSPS) is 15.2. The molecule has 1 N–H and O–H groups in total. The number of barbiturate groups is 1. The van der Waals surface area contributed by atoms with Crippen molar-refractivity contribution in [1.29, 1.82) is 0 Å². The third-order valence-corrected chi connectivity index (χ3v) is 6.33. The van der Waals surface area contributed by atoms with E-state index in [1.807, 2.05) is 41.0 Å². The first-order valence-corrected chi connectivity index (χ1v) is 11.6. The molecule has 4 amide bonds. The van der Waals surface area contributed by atoms with E-state index in [0.717, 1.165) is 25.8 Å². The average molecular weight is 532 g/mol. The van der Waals surface area contributed by atoms with Crippen LogP contribution in [0, 0.1) is 5.82 Å². The summed E-state index contributed by atoms with van der Waals surface area (Å²) in [5, 5.41) is 3.03. The minimum absolute atomic E-state index is 0.0384. The molecular formula is C27H19BrFN3O3. The fraction of sp³-hybridized carbons (Fsp3) is 0.0741. The topological polar surface area (TPSA) is 71.4 Å². The van der Waals surface area contributed by atoms with E-state index in [2.05, 4.69) is 21.2 Å². The van der Waals surface area contributed by atoms with Gasteiger partial charge in [0, 0.05) is 32.7 Å². The number of carbonyl (C=O) groups is 3. The van der Waals surface area contributed by atoms with Crippen molar-refractivity contribution < 1.29 is 18.8 Å². The van der Waals surface area contributed by atoms with Crippen LogP contribution in [0.15, 0.2) is 89.0 Å². The van der Waals surface area contributed by atoms with Gasteiger partial charge in [0.15, 0.2) is 0 Å². The summed E-state index contributed by atoms with van der Waals surface area (Å²) in [7, 11) is 0. The van der Waals surface area contributed by atoms with Gasteiger partial charge >= 0.3 is 6.03 Å². The third-order valence-electron chi connectivity index (χ3n) is 5.84. The number of rotatable bonds is 5. The van der Waals surface area contributed by atoms with Gasteiger partial charge in [-0.1, -0.05) is 64.5 Å². The molecule has 0 radical (unpaired) electrons. The van der Waals surface area contributed by atoms with Gasteiger partial charge in [-0.15, -0.1) is 0 Å². The van der Waals surface area contributed by atoms with E-state index in [1.54, 1.807) is 36.5 Å². The van der Waals surface area contributed by atoms with E-state index >= 15 is 0 Å². The highest BCUT2D eigenvalue weighted by molar-refractivity contribution is 9.10. The summed E-state index contributed by atoms with van der Waals surface area (Å²) in [6, 6.07) is 20.5. The molecule has 1 fully saturated rings. The minimum Gasteiger partial charge on any atom is -0.342 e. The van der Waals surface area contributed by atoms with Crippen LogP contribution in [0.3, 0.4) is 0 Å². The number of nitrogens with one attached hydrogen (secondary N) is 1. The predicted octanol–water partition coefficient (Wildman–Crippen LogP) is 5.25. The monoisotopic (exact) mass is 531 g/mol. The molecule has 0 atom stereocenters. The lowest BCUT2D eigenvalue weighted by atomic mass is 10.1. The van der Waals surface area contributed by atoms with Crippen LogP contribution in [0.2, 0.25) is 0 Å². The van der Waals surface area contributed by atoms with Crippen molar-refractivity contribution >= 4 is 50.8 Å². The van der Waals surface area contributed by atoms with Crippen molar-refractivity contribution in [3.63, 3.8) is 0 Å². The molecule has 2 heterocycles. The molecule has 35 heavy (non-hydrogen) atoms. The van der Waals surface area contributed by atoms with Gasteiger partial charge in [-0.2, -0.15) is 0 Å². The maximum absolute atomic E-state index is 14.3. The van der Waals surface area contributed by atoms with Crippen LogP contribution < -0.4 is 5.32 Å². The number of fused-ring (bicyclic) bond motifs is 1. The van der Waals surface area contributed by atoms with Crippen LogP contribution in [-0.2, 0) is 22.7 Å². The number of hydrogen-bond acceptors (Lipinski definition) is 3. The van der Waals surface area contributed by atoms with Crippen molar-refractivity contribution in [3.8, 4) is 0 Å². The Morgan fingerprint density at radius 3 is 2.43 bits per heavy atom. The number of amides is 4. The molecule has 0 spiro atoms. The van der Waals surface area contributed by atoms with Crippen LogP contribution in [0.4, 0.5) is 9.18 Å². The fourth-order valence-electron chi connectivity index (χ4n) is 4.11. The number of imide groups is 2. The number of nitrogens with zero attached hydrogens (tertiary/aromatic N) is 2. The molecule has 6 nitrogen and oxygen atoms in total. The van der Waals surface area contributed by atoms with Gasteiger partial charge in [0.05, 0.1) is 13.1 Å². The van der Waals surface area contributed by atoms with E-state index in [-0.39, 0.29) is 24.5 Å². The SMILES string of the molecule is O=C1NC(=O)N(Cc2ccccc2)C(=O)/C1=C/c1cn(Cc2ccccc2F)c2ccc(Br)cc12. The second-order valence-electron chi connectivity index (χ2n) is 8.16. The smallest absolute Gasteiger partial charge is 0.331 e. The van der Waals surface area contributed by atoms with Crippen molar-refractivity contribution in [2.24, 2.45) is 0 Å². The number of benzene rings is 3. The highest BCUT2D eigenvalue weighted by Gasteiger charge is 2.35. The Labute approximate surface area is 208 Å². The van der Waals surface area contributed by atoms with Gasteiger partial charge in [0.1, 0.15) is 11.4 Å². The number of halogens is 2. The second kappa shape index (κ2) is 9.31. The quantitative estimate of drug-likeness (QED) is 0.282. The van der Waals surface area contributed by atoms with Crippen molar-refractivity contribution in [1.82, 2.24) is 14.8 Å². The van der Waals surface area contributed by atoms with Crippen molar-refractivity contribution in [3.05, 3.63) is 112 Å². The van der Waals surface area contributed by atoms with Crippen LogP contribution in [-0.4, -0.2) is 27.3 Å². The van der Waals surface area contributed by atoms with E-state index < -0.39 is 17.8 Å². The lowest BCUT2D eigenvalue weighted by Gasteiger charge is -2.26. The first-order chi connectivity index (χ1) is 16.9. The lowest BCUT2D eigenvalue weighted by molar-refractivity contribution is -0.130. The molecular weight excluding hydrogens is 513 g/mol. The first-order valence-electron chi connectivity index (χ1n) is 10.9. The number of hydrogen-bond donors (Lipinski definition) is 1. The summed E-state index contributed by atoms with van der Waals surface area (Å²) in [5.41, 5.74) is 2.53. The van der Waals surface area contributed by atoms with E-state index in [4.69, 9.17) is 0 Å². The maximum atomic E-state index is 14.3. The van der Waals surface area contributed by atoms with Gasteiger partial charge in [0.25, 0.3) is 11.8 Å². The second-order valence-corrected chi connectivity index (χ2v) is 9.08. The third kappa shape index (κ3) is 4.52. The molecule has 0 saturated carbocycles. The average Bonchev–Trinajstić information content (AvgIpc) is 3.17. The van der Waals surface area contributed by atoms with Crippen molar-refractivity contribution in [2.45, 2.75) is 13.1 Å². The largest absolute Gasteiger partial charge is 0.342 e. The van der Waals surface area contributed by atoms with Crippen LogP contribution in [0.25, 0.3) is 17.0 Å². The summed E-state index contributed by atoms with van der Waals surface area (Å²) in [4.78, 5) is 39.3. The summed E-state index contributed by atoms with van der Waals surface area (Å²) in [6.45, 7) is 0.309. The Bertz CT molecular complexity index is 1510. The minimum atomic E-state index is -0.759. The lowest BCUT2D eigenvalue weighted by Crippen LogP contribution is -2.53. The molecule has 1 saturated heterocycles. The van der Waals surface area contributed by atoms with E-state index in [1.165, 1.54) is 12.1 Å². The predicted molar refractivity (Wildman–Crippen MR) is 134 cm³/mol. The summed E-state index contributed by atoms with van der Waals surface area (Å²) in [5.74, 6) is -1.75. The summed E-state index contributed by atoms with van der Waals surface area (Å²) < 4.78 is 17.0. The molecule has 1 aliphatic heterocycles. The number of aromatic nitrogens is 1. The van der Waals surface area contributed by atoms with E-state index in [9.17, 15) is 18.8 Å². The van der Waals surface area contributed by atoms with Gasteiger partial charge in [-0.3, -0.25) is 19.8 Å². The maximum Gasteiger partial charge on any atom is 0.331 e. The Morgan fingerprint density at radius 1 is 0.914 bits per heavy atom. The standard InChI is InChI=1S/C27H19BrFN3O3/c28-20-10-11-24-21(13-20)19(16-31(24)15-18-8-4-5-9-23(18)29)12-22-25(33)30-27(35)32(26(22)34)14-17-6-2-1-3-7-17/h1-13,16H,14-15H2,(H,30,33,35)/b22-12+. The molecule has 0 bridgehead atoms. The molecule has 0 aliphatic carbocycles. The Balaban J connectivity index is 1.55. The zero-order valence-corrected chi connectivity index (χ0v) is 20.0. The molecule has 1 aromatic heterocycles. The van der Waals surface area contributed by atoms with Crippen LogP contribution in [0.5, 0.6) is 0 Å². The summed E-state index contributed by atoms with van der Waals surface area (Å²) >= 11 is 3.47. The number of urea groups is 1. The Hall–Kier alpha value is -4.04. The van der Waals surface area contributed by atoms with E-state index in [0.29, 0.717) is 11.1 Å². The van der Waals surface area contributed by atoms with Gasteiger partial charge < -0.3 is 4.57 Å². The van der Waals surface area contributed by atoms with Crippen LogP contribution >= 0.6 is 15.9 Å². The molecule has 1 aliphatic rings. The molecule has 4 aromatic rings. The zero-order valence-electron chi connectivity index (χ0n) is 18.4. The molecule has 5 rings (SSSR count). The van der Waals surface area contributed by atoms with Gasteiger partial charge in [-0.25, -0.2) is 9.18 Å². The highest BCUT2D eigenvalue weighted by Crippen LogP contribution is 2.29. The number of carbonyl (C=O) groups excluding carboxylic acids is 3. The fourth-order valence-corrected chi connectivity index (χ4v) is 4.47. The Kier molecular flexibility index (Phi) is 6.05. The highest BCUT2D eigenvalue weighted by atomic mass is 79.9.